The lowest BCUT2D eigenvalue weighted by Gasteiger charge is -2.12. The van der Waals surface area contributed by atoms with Crippen molar-refractivity contribution in [1.82, 2.24) is 5.32 Å². The molecular formula is C21H25NO5. The highest BCUT2D eigenvalue weighted by molar-refractivity contribution is 5.81. The Hall–Kier alpha value is -3.02. The Morgan fingerprint density at radius 2 is 1.59 bits per heavy atom. The van der Waals surface area contributed by atoms with E-state index in [9.17, 15) is 9.59 Å². The molecule has 6 heteroatoms. The average Bonchev–Trinajstić information content (AvgIpc) is 2.68. The van der Waals surface area contributed by atoms with Crippen molar-refractivity contribution in [3.8, 4) is 11.5 Å². The molecule has 0 aliphatic heterocycles. The van der Waals surface area contributed by atoms with Gasteiger partial charge in [-0.15, -0.1) is 0 Å². The van der Waals surface area contributed by atoms with Gasteiger partial charge in [-0.3, -0.25) is 9.59 Å². The van der Waals surface area contributed by atoms with Crippen LogP contribution in [0, 0.1) is 0 Å². The first-order chi connectivity index (χ1) is 13.1. The van der Waals surface area contributed by atoms with Crippen LogP contribution in [-0.2, 0) is 27.3 Å². The Kier molecular flexibility index (Phi) is 8.16. The lowest BCUT2D eigenvalue weighted by Crippen LogP contribution is -2.28. The molecule has 27 heavy (non-hydrogen) atoms. The Morgan fingerprint density at radius 1 is 0.889 bits per heavy atom. The summed E-state index contributed by atoms with van der Waals surface area (Å²) in [5, 5.41) is 2.71. The van der Waals surface area contributed by atoms with Gasteiger partial charge in [0, 0.05) is 6.54 Å². The number of carbonyl (C=O) groups is 2. The minimum atomic E-state index is -0.475. The van der Waals surface area contributed by atoms with Crippen molar-refractivity contribution < 1.29 is 23.8 Å². The zero-order chi connectivity index (χ0) is 19.5. The molecule has 0 spiro atoms. The van der Waals surface area contributed by atoms with Gasteiger partial charge in [-0.25, -0.2) is 0 Å². The van der Waals surface area contributed by atoms with Crippen molar-refractivity contribution in [3.05, 3.63) is 59.7 Å². The second kappa shape index (κ2) is 10.9. The van der Waals surface area contributed by atoms with E-state index in [0.29, 0.717) is 31.3 Å². The quantitative estimate of drug-likeness (QED) is 0.650. The van der Waals surface area contributed by atoms with Gasteiger partial charge < -0.3 is 19.5 Å². The van der Waals surface area contributed by atoms with E-state index in [1.54, 1.807) is 18.2 Å². The van der Waals surface area contributed by atoms with Gasteiger partial charge in [-0.1, -0.05) is 36.4 Å². The molecule has 144 valence electrons. The normalized spacial score (nSPS) is 10.1. The van der Waals surface area contributed by atoms with Crippen LogP contribution in [0.3, 0.4) is 0 Å². The van der Waals surface area contributed by atoms with Crippen molar-refractivity contribution in [2.75, 3.05) is 19.8 Å². The molecule has 2 rings (SSSR count). The molecule has 2 aromatic rings. The number of carbonyl (C=O) groups excluding carboxylic acids is 2. The van der Waals surface area contributed by atoms with Gasteiger partial charge in [0.1, 0.15) is 0 Å². The largest absolute Gasteiger partial charge is 0.490 e. The van der Waals surface area contributed by atoms with E-state index in [1.807, 2.05) is 44.2 Å². The fraction of sp³-hybridized carbons (Fsp3) is 0.333. The van der Waals surface area contributed by atoms with Gasteiger partial charge in [0.2, 0.25) is 0 Å². The average molecular weight is 371 g/mol. The zero-order valence-electron chi connectivity index (χ0n) is 15.7. The summed E-state index contributed by atoms with van der Waals surface area (Å²) in [6.45, 7) is 4.89. The maximum atomic E-state index is 12.0. The summed E-state index contributed by atoms with van der Waals surface area (Å²) in [6.07, 6.45) is 0.0540. The van der Waals surface area contributed by atoms with E-state index in [-0.39, 0.29) is 18.9 Å². The summed E-state index contributed by atoms with van der Waals surface area (Å²) in [6, 6.07) is 14.8. The molecule has 0 atom stereocenters. The van der Waals surface area contributed by atoms with E-state index >= 15 is 0 Å². The van der Waals surface area contributed by atoms with Gasteiger partial charge in [-0.2, -0.15) is 0 Å². The van der Waals surface area contributed by atoms with Crippen LogP contribution in [-0.4, -0.2) is 31.7 Å². The molecule has 0 aliphatic rings. The number of nitrogens with one attached hydrogen (secondary N) is 1. The van der Waals surface area contributed by atoms with Crippen LogP contribution >= 0.6 is 0 Å². The number of hydrogen-bond donors (Lipinski definition) is 1. The minimum Gasteiger partial charge on any atom is -0.490 e. The number of amides is 1. The third kappa shape index (κ3) is 7.01. The SMILES string of the molecule is CCOc1ccc(CC(=O)OCC(=O)NCc2ccccc2)cc1OCC. The summed E-state index contributed by atoms with van der Waals surface area (Å²) in [7, 11) is 0. The fourth-order valence-electron chi connectivity index (χ4n) is 2.42. The highest BCUT2D eigenvalue weighted by Gasteiger charge is 2.12. The Balaban J connectivity index is 1.80. The second-order valence-corrected chi connectivity index (χ2v) is 5.75. The Labute approximate surface area is 159 Å². The maximum absolute atomic E-state index is 12.0. The molecule has 0 saturated heterocycles. The summed E-state index contributed by atoms with van der Waals surface area (Å²) in [5.74, 6) is 0.410. The predicted octanol–water partition coefficient (Wildman–Crippen LogP) is 2.89. The van der Waals surface area contributed by atoms with Crippen molar-refractivity contribution in [2.45, 2.75) is 26.8 Å². The monoisotopic (exact) mass is 371 g/mol. The summed E-state index contributed by atoms with van der Waals surface area (Å²) in [4.78, 5) is 23.8. The third-order valence-corrected chi connectivity index (χ3v) is 3.65. The van der Waals surface area contributed by atoms with Gasteiger partial charge >= 0.3 is 5.97 Å². The van der Waals surface area contributed by atoms with Crippen LogP contribution in [0.25, 0.3) is 0 Å². The zero-order valence-corrected chi connectivity index (χ0v) is 15.7. The standard InChI is InChI=1S/C21H25NO5/c1-3-25-18-11-10-17(12-19(18)26-4-2)13-21(24)27-15-20(23)22-14-16-8-6-5-7-9-16/h5-12H,3-4,13-15H2,1-2H3,(H,22,23). The van der Waals surface area contributed by atoms with Crippen LogP contribution in [0.2, 0.25) is 0 Å². The van der Waals surface area contributed by atoms with Crippen LogP contribution < -0.4 is 14.8 Å². The molecule has 0 fully saturated rings. The molecule has 0 saturated carbocycles. The predicted molar refractivity (Wildman–Crippen MR) is 102 cm³/mol. The third-order valence-electron chi connectivity index (χ3n) is 3.65. The van der Waals surface area contributed by atoms with Crippen molar-refractivity contribution in [3.63, 3.8) is 0 Å². The van der Waals surface area contributed by atoms with Crippen molar-refractivity contribution in [1.29, 1.82) is 0 Å². The fourth-order valence-corrected chi connectivity index (χ4v) is 2.42. The number of benzene rings is 2. The smallest absolute Gasteiger partial charge is 0.310 e. The number of rotatable bonds is 10. The molecule has 1 amide bonds. The minimum absolute atomic E-state index is 0.0540. The van der Waals surface area contributed by atoms with Crippen LogP contribution in [0.1, 0.15) is 25.0 Å². The number of ether oxygens (including phenoxy) is 3. The van der Waals surface area contributed by atoms with Crippen LogP contribution in [0.5, 0.6) is 11.5 Å². The van der Waals surface area contributed by atoms with E-state index in [1.165, 1.54) is 0 Å². The molecule has 1 N–H and O–H groups in total. The van der Waals surface area contributed by atoms with Gasteiger partial charge in [0.25, 0.3) is 5.91 Å². The molecular weight excluding hydrogens is 346 g/mol. The Morgan fingerprint density at radius 3 is 2.30 bits per heavy atom. The molecule has 0 radical (unpaired) electrons. The second-order valence-electron chi connectivity index (χ2n) is 5.75. The molecule has 6 nitrogen and oxygen atoms in total. The van der Waals surface area contributed by atoms with E-state index < -0.39 is 5.97 Å². The topological polar surface area (TPSA) is 73.9 Å². The van der Waals surface area contributed by atoms with Gasteiger partial charge in [-0.05, 0) is 37.1 Å². The first-order valence-corrected chi connectivity index (χ1v) is 8.97. The molecule has 0 aliphatic carbocycles. The highest BCUT2D eigenvalue weighted by Crippen LogP contribution is 2.28. The molecule has 0 aromatic heterocycles. The number of hydrogen-bond acceptors (Lipinski definition) is 5. The Bertz CT molecular complexity index is 745. The van der Waals surface area contributed by atoms with Gasteiger partial charge in [0.05, 0.1) is 19.6 Å². The molecule has 2 aromatic carbocycles. The van der Waals surface area contributed by atoms with E-state index in [2.05, 4.69) is 5.32 Å². The molecule has 0 bridgehead atoms. The van der Waals surface area contributed by atoms with Crippen molar-refractivity contribution >= 4 is 11.9 Å². The van der Waals surface area contributed by atoms with E-state index in [4.69, 9.17) is 14.2 Å². The summed E-state index contributed by atoms with van der Waals surface area (Å²) >= 11 is 0. The lowest BCUT2D eigenvalue weighted by molar-refractivity contribution is -0.147. The van der Waals surface area contributed by atoms with Crippen LogP contribution in [0.15, 0.2) is 48.5 Å². The summed E-state index contributed by atoms with van der Waals surface area (Å²) < 4.78 is 16.1. The molecule has 0 unspecified atom stereocenters. The van der Waals surface area contributed by atoms with E-state index in [0.717, 1.165) is 11.1 Å². The highest BCUT2D eigenvalue weighted by atomic mass is 16.5. The van der Waals surface area contributed by atoms with Gasteiger partial charge in [0.15, 0.2) is 18.1 Å². The van der Waals surface area contributed by atoms with Crippen LogP contribution in [0.4, 0.5) is 0 Å². The maximum Gasteiger partial charge on any atom is 0.310 e. The molecule has 0 heterocycles. The number of esters is 1. The van der Waals surface area contributed by atoms with Crippen molar-refractivity contribution in [2.24, 2.45) is 0 Å². The first kappa shape index (κ1) is 20.3. The lowest BCUT2D eigenvalue weighted by atomic mass is 10.1. The summed E-state index contributed by atoms with van der Waals surface area (Å²) in [5.41, 5.74) is 1.71. The first-order valence-electron chi connectivity index (χ1n) is 8.97.